The fourth-order valence-corrected chi connectivity index (χ4v) is 4.57. The van der Waals surface area contributed by atoms with Crippen LogP contribution >= 0.6 is 11.8 Å². The van der Waals surface area contributed by atoms with Crippen molar-refractivity contribution >= 4 is 41.0 Å². The van der Waals surface area contributed by atoms with Gasteiger partial charge in [0, 0.05) is 23.8 Å². The Morgan fingerprint density at radius 2 is 1.66 bits per heavy atom. The summed E-state index contributed by atoms with van der Waals surface area (Å²) in [5.74, 6) is -2.07. The van der Waals surface area contributed by atoms with Gasteiger partial charge in [-0.2, -0.15) is 0 Å². The van der Waals surface area contributed by atoms with Gasteiger partial charge in [-0.3, -0.25) is 9.59 Å². The molecule has 1 atom stereocenters. The Morgan fingerprint density at radius 1 is 0.943 bits per heavy atom. The third-order valence-corrected chi connectivity index (χ3v) is 6.45. The Bertz CT molecular complexity index is 1270. The largest absolute Gasteiger partial charge is 0.497 e. The molecule has 8 nitrogen and oxygen atoms in total. The zero-order valence-electron chi connectivity index (χ0n) is 19.6. The van der Waals surface area contributed by atoms with E-state index in [2.05, 4.69) is 9.64 Å². The number of fused-ring (bicyclic) bond motifs is 2. The van der Waals surface area contributed by atoms with Gasteiger partial charge in [-0.1, -0.05) is 30.0 Å². The number of carbonyl (C=O) groups excluding carboxylic acids is 1. The van der Waals surface area contributed by atoms with Gasteiger partial charge in [-0.05, 0) is 55.0 Å². The van der Waals surface area contributed by atoms with Crippen molar-refractivity contribution in [3.63, 3.8) is 0 Å². The maximum absolute atomic E-state index is 11.2. The van der Waals surface area contributed by atoms with Crippen LogP contribution in [0.1, 0.15) is 35.7 Å². The Morgan fingerprint density at radius 3 is 2.29 bits per heavy atom. The number of methoxy groups -OCH3 is 1. The van der Waals surface area contributed by atoms with Crippen LogP contribution in [0, 0.1) is 0 Å². The van der Waals surface area contributed by atoms with E-state index in [1.807, 2.05) is 43.4 Å². The van der Waals surface area contributed by atoms with Gasteiger partial charge >= 0.3 is 17.9 Å². The molecule has 3 aromatic rings. The molecule has 35 heavy (non-hydrogen) atoms. The van der Waals surface area contributed by atoms with E-state index in [-0.39, 0.29) is 11.3 Å². The van der Waals surface area contributed by atoms with E-state index in [0.717, 1.165) is 32.5 Å². The molecule has 1 heterocycles. The molecular weight excluding hydrogens is 470 g/mol. The van der Waals surface area contributed by atoms with Crippen LogP contribution in [-0.4, -0.2) is 42.3 Å². The summed E-state index contributed by atoms with van der Waals surface area (Å²) in [5.41, 5.74) is 2.93. The van der Waals surface area contributed by atoms with Gasteiger partial charge in [0.25, 0.3) is 0 Å². The normalized spacial score (nSPS) is 12.3. The number of aromatic carboxylic acids is 1. The van der Waals surface area contributed by atoms with E-state index in [4.69, 9.17) is 9.84 Å². The number of hydrogen-bond acceptors (Lipinski definition) is 7. The van der Waals surface area contributed by atoms with Gasteiger partial charge in [0.15, 0.2) is 0 Å². The molecule has 0 aromatic heterocycles. The van der Waals surface area contributed by atoms with Gasteiger partial charge in [0.2, 0.25) is 0 Å². The highest BCUT2D eigenvalue weighted by atomic mass is 32.2. The van der Waals surface area contributed by atoms with Gasteiger partial charge in [-0.15, -0.1) is 0 Å². The lowest BCUT2D eigenvalue weighted by molar-refractivity contribution is -0.138. The topological polar surface area (TPSA) is 113 Å². The summed E-state index contributed by atoms with van der Waals surface area (Å²) >= 11 is 1.68. The zero-order valence-corrected chi connectivity index (χ0v) is 20.5. The molecule has 0 bridgehead atoms. The van der Waals surface area contributed by atoms with Crippen LogP contribution in [0.25, 0.3) is 0 Å². The van der Waals surface area contributed by atoms with Crippen molar-refractivity contribution in [2.75, 3.05) is 19.1 Å². The van der Waals surface area contributed by atoms with Crippen molar-refractivity contribution in [2.24, 2.45) is 0 Å². The predicted octanol–water partition coefficient (Wildman–Crippen LogP) is 5.43. The molecule has 3 aromatic carbocycles. The minimum Gasteiger partial charge on any atom is -0.497 e. The Balaban J connectivity index is 0.000000225. The number of para-hydroxylation sites is 1. The molecule has 2 N–H and O–H groups in total. The quantitative estimate of drug-likeness (QED) is 0.353. The third-order valence-electron chi connectivity index (χ3n) is 5.33. The summed E-state index contributed by atoms with van der Waals surface area (Å²) in [7, 11) is 3.66. The Kier molecular flexibility index (Phi) is 8.03. The Labute approximate surface area is 207 Å². The minimum atomic E-state index is -1.11. The van der Waals surface area contributed by atoms with E-state index < -0.39 is 23.8 Å². The van der Waals surface area contributed by atoms with E-state index >= 15 is 0 Å². The van der Waals surface area contributed by atoms with Crippen LogP contribution in [0.15, 0.2) is 70.5 Å². The van der Waals surface area contributed by atoms with E-state index in [1.165, 1.54) is 19.1 Å². The molecular formula is C26H25NO7S. The number of ether oxygens (including phenoxy) is 2. The first-order chi connectivity index (χ1) is 16.6. The number of carboxylic acids is 2. The van der Waals surface area contributed by atoms with E-state index in [9.17, 15) is 19.5 Å². The minimum absolute atomic E-state index is 0.0160. The van der Waals surface area contributed by atoms with Crippen molar-refractivity contribution in [3.8, 4) is 11.5 Å². The summed E-state index contributed by atoms with van der Waals surface area (Å²) in [4.78, 5) is 36.7. The van der Waals surface area contributed by atoms with Crippen LogP contribution in [0.2, 0.25) is 0 Å². The van der Waals surface area contributed by atoms with Crippen LogP contribution in [-0.2, 0) is 9.59 Å². The number of hydrogen-bond donors (Lipinski definition) is 2. The standard InChI is InChI=1S/C17H17NO3S.C9H8O4/c1-10(17(19)20)11-4-7-15-14(8-11)18(2)13-6-5-12(21-3)9-16(13)22-15;1-6(10)13-8-5-3-2-4-7(8)9(11)12/h4-10H,1-3H3,(H,19,20);2-5H,1H3,(H,11,12). The highest BCUT2D eigenvalue weighted by Crippen LogP contribution is 2.49. The van der Waals surface area contributed by atoms with Gasteiger partial charge < -0.3 is 24.6 Å². The van der Waals surface area contributed by atoms with Crippen molar-refractivity contribution < 1.29 is 34.1 Å². The summed E-state index contributed by atoms with van der Waals surface area (Å²) in [6, 6.07) is 17.8. The molecule has 0 fully saturated rings. The molecule has 9 heteroatoms. The van der Waals surface area contributed by atoms with E-state index in [0.29, 0.717) is 0 Å². The molecule has 0 saturated heterocycles. The monoisotopic (exact) mass is 495 g/mol. The van der Waals surface area contributed by atoms with Crippen molar-refractivity contribution in [1.29, 1.82) is 0 Å². The van der Waals surface area contributed by atoms with Crippen LogP contribution < -0.4 is 14.4 Å². The number of nitrogens with zero attached hydrogens (tertiary/aromatic N) is 1. The average Bonchev–Trinajstić information content (AvgIpc) is 2.83. The molecule has 0 spiro atoms. The van der Waals surface area contributed by atoms with Crippen LogP contribution in [0.5, 0.6) is 11.5 Å². The maximum Gasteiger partial charge on any atom is 0.339 e. The highest BCUT2D eigenvalue weighted by molar-refractivity contribution is 7.99. The predicted molar refractivity (Wildman–Crippen MR) is 132 cm³/mol. The molecule has 0 amide bonds. The number of carboxylic acid groups (broad SMARTS) is 2. The molecule has 0 saturated carbocycles. The number of benzene rings is 3. The average molecular weight is 496 g/mol. The smallest absolute Gasteiger partial charge is 0.339 e. The van der Waals surface area contributed by atoms with Crippen molar-refractivity contribution in [1.82, 2.24) is 0 Å². The molecule has 0 aliphatic carbocycles. The Hall–Kier alpha value is -3.98. The highest BCUT2D eigenvalue weighted by Gasteiger charge is 2.23. The first kappa shape index (κ1) is 25.6. The second-order valence-corrected chi connectivity index (χ2v) is 8.76. The molecule has 1 unspecified atom stereocenters. The van der Waals surface area contributed by atoms with Crippen LogP contribution in [0.4, 0.5) is 11.4 Å². The van der Waals surface area contributed by atoms with Crippen molar-refractivity contribution in [2.45, 2.75) is 29.6 Å². The third kappa shape index (κ3) is 5.93. The molecule has 1 aliphatic heterocycles. The summed E-state index contributed by atoms with van der Waals surface area (Å²) < 4.78 is 9.97. The first-order valence-electron chi connectivity index (χ1n) is 10.6. The molecule has 182 valence electrons. The number of esters is 1. The molecule has 1 aliphatic rings. The SMILES string of the molecule is CC(=O)Oc1ccccc1C(=O)O.COc1ccc2c(c1)Sc1ccc(C(C)C(=O)O)cc1N2C. The van der Waals surface area contributed by atoms with Gasteiger partial charge in [0.05, 0.1) is 24.4 Å². The summed E-state index contributed by atoms with van der Waals surface area (Å²) in [5, 5.41) is 17.9. The summed E-state index contributed by atoms with van der Waals surface area (Å²) in [6.45, 7) is 2.93. The number of carbonyl (C=O) groups is 3. The lowest BCUT2D eigenvalue weighted by atomic mass is 10.0. The second kappa shape index (κ2) is 11.0. The lowest BCUT2D eigenvalue weighted by Crippen LogP contribution is -2.16. The fraction of sp³-hybridized carbons (Fsp3) is 0.192. The number of rotatable bonds is 5. The zero-order chi connectivity index (χ0) is 25.7. The molecule has 0 radical (unpaired) electrons. The first-order valence-corrected chi connectivity index (χ1v) is 11.4. The number of anilines is 2. The second-order valence-electron chi connectivity index (χ2n) is 7.68. The number of aliphatic carboxylic acids is 1. The van der Waals surface area contributed by atoms with Crippen LogP contribution in [0.3, 0.4) is 0 Å². The van der Waals surface area contributed by atoms with Crippen molar-refractivity contribution in [3.05, 3.63) is 71.8 Å². The van der Waals surface area contributed by atoms with Gasteiger partial charge in [-0.25, -0.2) is 4.79 Å². The molecule has 4 rings (SSSR count). The lowest BCUT2D eigenvalue weighted by Gasteiger charge is -2.30. The maximum atomic E-state index is 11.2. The fourth-order valence-electron chi connectivity index (χ4n) is 3.41. The van der Waals surface area contributed by atoms with E-state index in [1.54, 1.807) is 37.9 Å². The summed E-state index contributed by atoms with van der Waals surface area (Å²) in [6.07, 6.45) is 0. The van der Waals surface area contributed by atoms with Gasteiger partial charge in [0.1, 0.15) is 17.1 Å².